The van der Waals surface area contributed by atoms with Crippen molar-refractivity contribution < 1.29 is 26.7 Å². The molecule has 0 spiro atoms. The summed E-state index contributed by atoms with van der Waals surface area (Å²) in [4.78, 5) is 9.76. The van der Waals surface area contributed by atoms with Crippen molar-refractivity contribution in [2.75, 3.05) is 32.4 Å². The third kappa shape index (κ3) is 6.18. The Morgan fingerprint density at radius 3 is 2.51 bits per heavy atom. The fourth-order valence-corrected chi connectivity index (χ4v) is 7.59. The summed E-state index contributed by atoms with van der Waals surface area (Å²) < 4.78 is 66.5. The molecule has 2 unspecified atom stereocenters. The molecule has 3 aromatic heterocycles. The summed E-state index contributed by atoms with van der Waals surface area (Å²) in [5, 5.41) is 19.3. The second-order valence-corrected chi connectivity index (χ2v) is 13.9. The van der Waals surface area contributed by atoms with Crippen LogP contribution in [0, 0.1) is 0 Å². The molecule has 0 bridgehead atoms. The van der Waals surface area contributed by atoms with Crippen LogP contribution in [0.5, 0.6) is 0 Å². The molecule has 2 atom stereocenters. The highest BCUT2D eigenvalue weighted by atomic mass is 35.5. The summed E-state index contributed by atoms with van der Waals surface area (Å²) in [5.74, 6) is 0.356. The quantitative estimate of drug-likeness (QED) is 0.255. The van der Waals surface area contributed by atoms with Gasteiger partial charge < -0.3 is 15.0 Å². The monoisotopic (exact) mass is 636 g/mol. The third-order valence-corrected chi connectivity index (χ3v) is 9.85. The number of β-amino-alcohol motifs (C(OH)–C–C–N with tert-alkyl or cyclic N) is 1. The van der Waals surface area contributed by atoms with E-state index < -0.39 is 33.1 Å². The zero-order valence-corrected chi connectivity index (χ0v) is 25.0. The maximum Gasteiger partial charge on any atom is 0.416 e. The van der Waals surface area contributed by atoms with Gasteiger partial charge in [-0.05, 0) is 61.7 Å². The van der Waals surface area contributed by atoms with Crippen LogP contribution in [0.1, 0.15) is 46.5 Å². The number of hydrogen-bond acceptors (Lipinski definition) is 7. The fraction of sp³-hybridized carbons (Fsp3) is 0.448. The Bertz CT molecular complexity index is 1730. The molecule has 2 aliphatic heterocycles. The number of rotatable bonds is 7. The highest BCUT2D eigenvalue weighted by Crippen LogP contribution is 2.38. The molecule has 230 valence electrons. The lowest BCUT2D eigenvalue weighted by Crippen LogP contribution is -2.40. The van der Waals surface area contributed by atoms with Gasteiger partial charge in [0, 0.05) is 54.2 Å². The van der Waals surface area contributed by atoms with Gasteiger partial charge >= 0.3 is 6.18 Å². The predicted molar refractivity (Wildman–Crippen MR) is 157 cm³/mol. The zero-order chi connectivity index (χ0) is 30.5. The van der Waals surface area contributed by atoms with Gasteiger partial charge in [-0.1, -0.05) is 23.7 Å². The van der Waals surface area contributed by atoms with E-state index in [9.17, 15) is 26.7 Å². The molecule has 0 radical (unpaired) electrons. The van der Waals surface area contributed by atoms with E-state index in [1.54, 1.807) is 10.7 Å². The van der Waals surface area contributed by atoms with Gasteiger partial charge in [0.2, 0.25) is 0 Å². The van der Waals surface area contributed by atoms with Crippen LogP contribution in [0.3, 0.4) is 0 Å². The first kappa shape index (κ1) is 30.1. The number of likely N-dealkylation sites (tertiary alicyclic amines) is 1. The summed E-state index contributed by atoms with van der Waals surface area (Å²) in [5.41, 5.74) is 2.96. The van der Waals surface area contributed by atoms with Crippen molar-refractivity contribution in [3.63, 3.8) is 0 Å². The van der Waals surface area contributed by atoms with Crippen molar-refractivity contribution in [3.05, 3.63) is 70.1 Å². The van der Waals surface area contributed by atoms with Gasteiger partial charge in [-0.2, -0.15) is 18.3 Å². The predicted octanol–water partition coefficient (Wildman–Crippen LogP) is 4.53. The topological polar surface area (TPSA) is 116 Å². The van der Waals surface area contributed by atoms with Gasteiger partial charge in [0.15, 0.2) is 9.84 Å². The standard InChI is InChI=1S/C29H32ClF3N6O3S/c1-43(41,42)28-25-23(8-11-34-28)39(37-26(25)18-2-4-19(5-3-18)29(31,32)33)16-20(40)15-38-12-9-17(10-13-38)22-14-35-27-21(22)6-7-24(30)36-27/h2-7,14,17,20,28,34,40H,8-13,15-16H2,1H3,(H,35,36). The van der Waals surface area contributed by atoms with Gasteiger partial charge in [-0.3, -0.25) is 10.00 Å². The number of sulfone groups is 1. The van der Waals surface area contributed by atoms with Crippen molar-refractivity contribution >= 4 is 32.5 Å². The van der Waals surface area contributed by atoms with Gasteiger partial charge in [0.05, 0.1) is 23.9 Å². The van der Waals surface area contributed by atoms with Crippen LogP contribution in [0.2, 0.25) is 5.15 Å². The van der Waals surface area contributed by atoms with Crippen LogP contribution >= 0.6 is 11.6 Å². The summed E-state index contributed by atoms with van der Waals surface area (Å²) in [7, 11) is -3.61. The second kappa shape index (κ2) is 11.5. The number of H-pyrrole nitrogens is 1. The van der Waals surface area contributed by atoms with E-state index in [1.165, 1.54) is 17.7 Å². The molecule has 9 nitrogen and oxygen atoms in total. The molecule has 0 amide bonds. The molecule has 1 saturated heterocycles. The lowest BCUT2D eigenvalue weighted by Gasteiger charge is -2.33. The molecule has 5 heterocycles. The third-order valence-electron chi connectivity index (χ3n) is 8.38. The Hall–Kier alpha value is -2.97. The maximum atomic E-state index is 13.2. The molecular formula is C29H32ClF3N6O3S. The highest BCUT2D eigenvalue weighted by Gasteiger charge is 2.36. The molecular weight excluding hydrogens is 605 g/mol. The summed E-state index contributed by atoms with van der Waals surface area (Å²) in [6, 6.07) is 8.32. The van der Waals surface area contributed by atoms with E-state index in [0.29, 0.717) is 53.1 Å². The molecule has 4 aromatic rings. The van der Waals surface area contributed by atoms with Gasteiger partial charge in [0.25, 0.3) is 0 Å². The minimum atomic E-state index is -4.49. The van der Waals surface area contributed by atoms with Crippen LogP contribution in [-0.4, -0.2) is 76.7 Å². The Morgan fingerprint density at radius 1 is 1.12 bits per heavy atom. The number of nitrogens with one attached hydrogen (secondary N) is 2. The van der Waals surface area contributed by atoms with E-state index >= 15 is 0 Å². The first-order valence-corrected chi connectivity index (χ1v) is 16.4. The number of fused-ring (bicyclic) bond motifs is 2. The van der Waals surface area contributed by atoms with Crippen LogP contribution in [-0.2, 0) is 29.0 Å². The Kier molecular flexibility index (Phi) is 8.05. The highest BCUT2D eigenvalue weighted by molar-refractivity contribution is 7.90. The molecule has 0 saturated carbocycles. The largest absolute Gasteiger partial charge is 0.416 e. The van der Waals surface area contributed by atoms with E-state index in [1.807, 2.05) is 12.3 Å². The number of alkyl halides is 3. The first-order chi connectivity index (χ1) is 20.4. The molecule has 1 aromatic carbocycles. The number of hydrogen-bond donors (Lipinski definition) is 3. The molecule has 1 fully saturated rings. The van der Waals surface area contributed by atoms with Gasteiger partial charge in [-0.15, -0.1) is 0 Å². The molecule has 43 heavy (non-hydrogen) atoms. The summed E-state index contributed by atoms with van der Waals surface area (Å²) in [6.45, 7) is 2.53. The Balaban J connectivity index is 1.18. The number of aliphatic hydroxyl groups is 1. The van der Waals surface area contributed by atoms with Gasteiger partial charge in [-0.25, -0.2) is 13.4 Å². The second-order valence-electron chi connectivity index (χ2n) is 11.4. The lowest BCUT2D eigenvalue weighted by atomic mass is 9.89. The normalized spacial score (nSPS) is 19.5. The van der Waals surface area contributed by atoms with E-state index in [-0.39, 0.29) is 6.54 Å². The number of benzene rings is 1. The number of aliphatic hydroxyl groups excluding tert-OH is 1. The van der Waals surface area contributed by atoms with Crippen molar-refractivity contribution in [1.82, 2.24) is 30.0 Å². The molecule has 3 N–H and O–H groups in total. The molecule has 14 heteroatoms. The average Bonchev–Trinajstić information content (AvgIpc) is 3.54. The average molecular weight is 637 g/mol. The number of halogens is 4. The van der Waals surface area contributed by atoms with E-state index in [4.69, 9.17) is 11.6 Å². The zero-order valence-electron chi connectivity index (χ0n) is 23.4. The van der Waals surface area contributed by atoms with Gasteiger partial charge in [0.1, 0.15) is 16.2 Å². The minimum absolute atomic E-state index is 0.133. The first-order valence-electron chi connectivity index (χ1n) is 14.1. The number of pyridine rings is 1. The van der Waals surface area contributed by atoms with E-state index in [0.717, 1.165) is 55.4 Å². The lowest BCUT2D eigenvalue weighted by molar-refractivity contribution is -0.137. The van der Waals surface area contributed by atoms with Crippen LogP contribution in [0.25, 0.3) is 22.3 Å². The Morgan fingerprint density at radius 2 is 1.84 bits per heavy atom. The fourth-order valence-electron chi connectivity index (χ4n) is 6.34. The maximum absolute atomic E-state index is 13.2. The molecule has 6 rings (SSSR count). The van der Waals surface area contributed by atoms with Crippen molar-refractivity contribution in [1.29, 1.82) is 0 Å². The van der Waals surface area contributed by atoms with Crippen LogP contribution in [0.4, 0.5) is 13.2 Å². The number of nitrogens with zero attached hydrogens (tertiary/aromatic N) is 4. The summed E-state index contributed by atoms with van der Waals surface area (Å²) in [6.07, 6.45) is 0.140. The summed E-state index contributed by atoms with van der Waals surface area (Å²) >= 11 is 6.02. The molecule has 0 aliphatic carbocycles. The van der Waals surface area contributed by atoms with Crippen molar-refractivity contribution in [2.24, 2.45) is 0 Å². The van der Waals surface area contributed by atoms with Crippen LogP contribution in [0.15, 0.2) is 42.6 Å². The van der Waals surface area contributed by atoms with Crippen LogP contribution < -0.4 is 5.32 Å². The van der Waals surface area contributed by atoms with E-state index in [2.05, 4.69) is 25.3 Å². The number of aromatic amines is 1. The minimum Gasteiger partial charge on any atom is -0.390 e. The SMILES string of the molecule is CS(=O)(=O)C1NCCc2c1c(-c1ccc(C(F)(F)F)cc1)nn2CC(O)CN1CCC(c2c[nH]c3nc(Cl)ccc23)CC1. The smallest absolute Gasteiger partial charge is 0.390 e. The Labute approximate surface area is 252 Å². The van der Waals surface area contributed by atoms with Crippen molar-refractivity contribution in [3.8, 4) is 11.3 Å². The number of piperidine rings is 1. The number of aromatic nitrogens is 4. The molecule has 2 aliphatic rings. The van der Waals surface area contributed by atoms with Crippen molar-refractivity contribution in [2.45, 2.75) is 49.4 Å².